The summed E-state index contributed by atoms with van der Waals surface area (Å²) in [4.78, 5) is 6.53. The zero-order valence-corrected chi connectivity index (χ0v) is 17.0. The number of fused-ring (bicyclic) bond motifs is 2. The van der Waals surface area contributed by atoms with E-state index in [2.05, 4.69) is 27.1 Å². The van der Waals surface area contributed by atoms with E-state index in [9.17, 15) is 5.11 Å². The topological polar surface area (TPSA) is 67.1 Å². The number of aromatic nitrogens is 4. The summed E-state index contributed by atoms with van der Waals surface area (Å²) < 4.78 is 1.94. The minimum Gasteiger partial charge on any atom is -0.507 e. The van der Waals surface area contributed by atoms with Gasteiger partial charge in [0, 0.05) is 37.1 Å². The number of hydrogen-bond acceptors (Lipinski definition) is 5. The first-order valence-corrected chi connectivity index (χ1v) is 10.5. The lowest BCUT2D eigenvalue weighted by Crippen LogP contribution is -2.37. The second kappa shape index (κ2) is 7.17. The molecule has 2 saturated carbocycles. The number of benzene rings is 1. The fraction of sp³-hybridized carbons (Fsp3) is 0.435. The highest BCUT2D eigenvalue weighted by Crippen LogP contribution is 2.43. The molecule has 0 radical (unpaired) electrons. The first-order chi connectivity index (χ1) is 14.1. The van der Waals surface area contributed by atoms with Crippen molar-refractivity contribution >= 4 is 5.82 Å². The van der Waals surface area contributed by atoms with E-state index in [4.69, 9.17) is 0 Å². The van der Waals surface area contributed by atoms with Gasteiger partial charge in [-0.15, -0.1) is 10.2 Å². The van der Waals surface area contributed by atoms with Crippen LogP contribution in [0.1, 0.15) is 37.9 Å². The van der Waals surface area contributed by atoms with Crippen molar-refractivity contribution < 1.29 is 5.11 Å². The number of rotatable bonds is 4. The lowest BCUT2D eigenvalue weighted by molar-refractivity contribution is 0.312. The van der Waals surface area contributed by atoms with Gasteiger partial charge in [-0.05, 0) is 62.3 Å². The summed E-state index contributed by atoms with van der Waals surface area (Å²) in [6.07, 6.45) is 10.4. The fourth-order valence-corrected chi connectivity index (χ4v) is 5.17. The number of imidazole rings is 1. The van der Waals surface area contributed by atoms with Gasteiger partial charge in [0.1, 0.15) is 11.6 Å². The van der Waals surface area contributed by atoms with Gasteiger partial charge in [-0.1, -0.05) is 12.8 Å². The summed E-state index contributed by atoms with van der Waals surface area (Å²) in [5.41, 5.74) is 2.23. The maximum absolute atomic E-state index is 10.6. The quantitative estimate of drug-likeness (QED) is 0.718. The molecule has 2 fully saturated rings. The van der Waals surface area contributed by atoms with Crippen LogP contribution in [0.25, 0.3) is 16.9 Å². The molecule has 0 aliphatic heterocycles. The summed E-state index contributed by atoms with van der Waals surface area (Å²) >= 11 is 0. The molecule has 1 aromatic carbocycles. The van der Waals surface area contributed by atoms with E-state index in [-0.39, 0.29) is 5.75 Å². The van der Waals surface area contributed by atoms with E-state index in [0.717, 1.165) is 29.2 Å². The highest BCUT2D eigenvalue weighted by Gasteiger charge is 2.36. The SMILES string of the molecule is Cc1nccn1-c1ccc(-c2ccc(N(C)C3C[C@H]4CC[C@@H](C3)C4)nn2)c(O)c1. The first kappa shape index (κ1) is 18.2. The first-order valence-electron chi connectivity index (χ1n) is 10.5. The van der Waals surface area contributed by atoms with Crippen molar-refractivity contribution in [3.63, 3.8) is 0 Å². The third kappa shape index (κ3) is 3.37. The maximum Gasteiger partial charge on any atom is 0.151 e. The summed E-state index contributed by atoms with van der Waals surface area (Å²) in [6.45, 7) is 1.93. The third-order valence-electron chi connectivity index (χ3n) is 6.78. The zero-order valence-electron chi connectivity index (χ0n) is 17.0. The van der Waals surface area contributed by atoms with Crippen LogP contribution < -0.4 is 4.90 Å². The number of aryl methyl sites for hydroxylation is 1. The minimum atomic E-state index is 0.190. The summed E-state index contributed by atoms with van der Waals surface area (Å²) in [5, 5.41) is 19.5. The van der Waals surface area contributed by atoms with Gasteiger partial charge in [0.15, 0.2) is 5.82 Å². The van der Waals surface area contributed by atoms with E-state index in [1.165, 1.54) is 32.1 Å². The number of hydrogen-bond donors (Lipinski definition) is 1. The van der Waals surface area contributed by atoms with Gasteiger partial charge in [-0.25, -0.2) is 4.98 Å². The zero-order chi connectivity index (χ0) is 20.0. The van der Waals surface area contributed by atoms with Crippen LogP contribution >= 0.6 is 0 Å². The molecule has 0 spiro atoms. The normalized spacial score (nSPS) is 23.3. The van der Waals surface area contributed by atoms with E-state index in [1.807, 2.05) is 42.0 Å². The van der Waals surface area contributed by atoms with Crippen molar-refractivity contribution in [2.45, 2.75) is 45.1 Å². The molecule has 3 aromatic rings. The molecule has 2 aromatic heterocycles. The molecule has 5 rings (SSSR count). The van der Waals surface area contributed by atoms with Crippen LogP contribution in [0, 0.1) is 18.8 Å². The Morgan fingerprint density at radius 2 is 1.83 bits per heavy atom. The largest absolute Gasteiger partial charge is 0.507 e. The number of aromatic hydroxyl groups is 1. The van der Waals surface area contributed by atoms with Gasteiger partial charge in [-0.2, -0.15) is 0 Å². The van der Waals surface area contributed by atoms with Crippen molar-refractivity contribution in [3.8, 4) is 22.7 Å². The number of phenols is 1. The van der Waals surface area contributed by atoms with Gasteiger partial charge in [-0.3, -0.25) is 0 Å². The Kier molecular flexibility index (Phi) is 4.49. The average molecular weight is 390 g/mol. The monoisotopic (exact) mass is 389 g/mol. The number of anilines is 1. The van der Waals surface area contributed by atoms with E-state index in [1.54, 1.807) is 12.3 Å². The van der Waals surface area contributed by atoms with Crippen LogP contribution in [0.3, 0.4) is 0 Å². The van der Waals surface area contributed by atoms with Crippen LogP contribution in [0.5, 0.6) is 5.75 Å². The molecule has 2 heterocycles. The second-order valence-corrected chi connectivity index (χ2v) is 8.60. The predicted molar refractivity (Wildman–Crippen MR) is 113 cm³/mol. The number of nitrogens with zero attached hydrogens (tertiary/aromatic N) is 5. The molecule has 0 amide bonds. The standard InChI is InChI=1S/C23H27N5O/c1-15-24-9-10-28(15)18-5-6-20(22(29)14-18)21-7-8-23(26-25-21)27(2)19-12-16-3-4-17(11-16)13-19/h5-10,14,16-17,19,29H,3-4,11-13H2,1-2H3/t16-,17+,19?. The lowest BCUT2D eigenvalue weighted by Gasteiger charge is -2.35. The second-order valence-electron chi connectivity index (χ2n) is 8.60. The van der Waals surface area contributed by atoms with Gasteiger partial charge < -0.3 is 14.6 Å². The molecule has 0 saturated heterocycles. The summed E-state index contributed by atoms with van der Waals surface area (Å²) in [7, 11) is 2.14. The Balaban J connectivity index is 1.35. The van der Waals surface area contributed by atoms with Gasteiger partial charge in [0.2, 0.25) is 0 Å². The molecule has 1 unspecified atom stereocenters. The molecule has 1 N–H and O–H groups in total. The van der Waals surface area contributed by atoms with Crippen molar-refractivity contribution in [2.24, 2.45) is 11.8 Å². The molecule has 6 nitrogen and oxygen atoms in total. The highest BCUT2D eigenvalue weighted by atomic mass is 16.3. The fourth-order valence-electron chi connectivity index (χ4n) is 5.17. The highest BCUT2D eigenvalue weighted by molar-refractivity contribution is 5.69. The predicted octanol–water partition coefficient (Wildman–Crippen LogP) is 4.36. The lowest BCUT2D eigenvalue weighted by atomic mass is 9.85. The number of phenolic OH excluding ortho intramolecular Hbond substituents is 1. The molecule has 2 bridgehead atoms. The van der Waals surface area contributed by atoms with Gasteiger partial charge in [0.05, 0.1) is 11.4 Å². The van der Waals surface area contributed by atoms with E-state index in [0.29, 0.717) is 17.3 Å². The third-order valence-corrected chi connectivity index (χ3v) is 6.78. The molecule has 2 aliphatic rings. The van der Waals surface area contributed by atoms with Gasteiger partial charge in [0.25, 0.3) is 0 Å². The Hall–Kier alpha value is -2.89. The molecule has 29 heavy (non-hydrogen) atoms. The van der Waals surface area contributed by atoms with Crippen LogP contribution in [0.15, 0.2) is 42.7 Å². The van der Waals surface area contributed by atoms with E-state index >= 15 is 0 Å². The average Bonchev–Trinajstić information content (AvgIpc) is 3.32. The Morgan fingerprint density at radius 3 is 2.45 bits per heavy atom. The summed E-state index contributed by atoms with van der Waals surface area (Å²) in [6, 6.07) is 10.1. The van der Waals surface area contributed by atoms with Crippen molar-refractivity contribution in [2.75, 3.05) is 11.9 Å². The molecule has 2 aliphatic carbocycles. The minimum absolute atomic E-state index is 0.190. The van der Waals surface area contributed by atoms with Crippen molar-refractivity contribution in [3.05, 3.63) is 48.5 Å². The van der Waals surface area contributed by atoms with Gasteiger partial charge >= 0.3 is 0 Å². The molecular formula is C23H27N5O. The molecular weight excluding hydrogens is 362 g/mol. The van der Waals surface area contributed by atoms with Crippen LogP contribution in [0.2, 0.25) is 0 Å². The summed E-state index contributed by atoms with van der Waals surface area (Å²) in [5.74, 6) is 3.76. The Bertz CT molecular complexity index is 1000. The molecule has 3 atom stereocenters. The maximum atomic E-state index is 10.6. The van der Waals surface area contributed by atoms with Crippen molar-refractivity contribution in [1.29, 1.82) is 0 Å². The smallest absolute Gasteiger partial charge is 0.151 e. The molecule has 150 valence electrons. The Morgan fingerprint density at radius 1 is 1.03 bits per heavy atom. The van der Waals surface area contributed by atoms with Crippen LogP contribution in [-0.4, -0.2) is 37.9 Å². The van der Waals surface area contributed by atoms with E-state index < -0.39 is 0 Å². The Labute approximate surface area is 171 Å². The molecule has 6 heteroatoms. The van der Waals surface area contributed by atoms with Crippen LogP contribution in [0.4, 0.5) is 5.82 Å². The van der Waals surface area contributed by atoms with Crippen molar-refractivity contribution in [1.82, 2.24) is 19.7 Å². The van der Waals surface area contributed by atoms with Crippen LogP contribution in [-0.2, 0) is 0 Å².